The van der Waals surface area contributed by atoms with Crippen LogP contribution in [0.3, 0.4) is 0 Å². The number of aromatic nitrogens is 8. The minimum absolute atomic E-state index is 0.00821. The molecule has 6 aromatic rings. The fourth-order valence-electron chi connectivity index (χ4n) is 9.67. The molecule has 4 aliphatic rings. The van der Waals surface area contributed by atoms with Gasteiger partial charge in [-0.3, -0.25) is 4.79 Å². The number of hydrogen-bond donors (Lipinski definition) is 2. The summed E-state index contributed by atoms with van der Waals surface area (Å²) < 4.78 is 34.6. The largest absolute Gasteiger partial charge is 0.494 e. The molecule has 2 N–H and O–H groups in total. The van der Waals surface area contributed by atoms with Gasteiger partial charge in [-0.15, -0.1) is 0 Å². The number of carbonyl (C=O) groups is 1. The van der Waals surface area contributed by atoms with Crippen molar-refractivity contribution in [2.24, 2.45) is 0 Å². The quantitative estimate of drug-likeness (QED) is 0.130. The van der Waals surface area contributed by atoms with Gasteiger partial charge in [0.15, 0.2) is 12.0 Å². The highest BCUT2D eigenvalue weighted by Crippen LogP contribution is 2.38. The minimum Gasteiger partial charge on any atom is -0.494 e. The molecule has 348 valence electrons. The predicted octanol–water partition coefficient (Wildman–Crippen LogP) is 6.31. The molecular weight excluding hydrogens is 867 g/mol. The van der Waals surface area contributed by atoms with Gasteiger partial charge in [-0.1, -0.05) is 6.08 Å². The summed E-state index contributed by atoms with van der Waals surface area (Å²) in [6.45, 7) is 1.66. The Morgan fingerprint density at radius 3 is 2.06 bits per heavy atom. The number of rotatable bonds is 13. The van der Waals surface area contributed by atoms with E-state index in [4.69, 9.17) is 33.7 Å². The Hall–Kier alpha value is -7.61. The predicted molar refractivity (Wildman–Crippen MR) is 249 cm³/mol. The molecule has 19 heteroatoms. The van der Waals surface area contributed by atoms with Gasteiger partial charge in [-0.25, -0.2) is 29.0 Å². The van der Waals surface area contributed by atoms with Crippen LogP contribution in [0.4, 0.5) is 11.9 Å². The van der Waals surface area contributed by atoms with Crippen LogP contribution in [0.1, 0.15) is 97.0 Å². The Balaban J connectivity index is 0.878. The number of methoxy groups -OCH3 is 1. The lowest BCUT2D eigenvalue weighted by Crippen LogP contribution is -2.48. The van der Waals surface area contributed by atoms with E-state index < -0.39 is 6.23 Å². The van der Waals surface area contributed by atoms with Gasteiger partial charge in [0.2, 0.25) is 11.9 Å². The van der Waals surface area contributed by atoms with Gasteiger partial charge < -0.3 is 39.2 Å². The van der Waals surface area contributed by atoms with E-state index in [1.807, 2.05) is 24.5 Å². The van der Waals surface area contributed by atoms with Gasteiger partial charge in [-0.05, 0) is 111 Å². The molecule has 6 aromatic heterocycles. The number of hydrogen-bond acceptors (Lipinski definition) is 16. The molecule has 68 heavy (non-hydrogen) atoms. The summed E-state index contributed by atoms with van der Waals surface area (Å²) in [4.78, 5) is 32.5. The number of amides is 1. The third kappa shape index (κ3) is 9.22. The first kappa shape index (κ1) is 44.2. The van der Waals surface area contributed by atoms with Crippen molar-refractivity contribution in [2.45, 2.75) is 94.7 Å². The fourth-order valence-corrected chi connectivity index (χ4v) is 9.67. The van der Waals surface area contributed by atoms with E-state index in [9.17, 15) is 15.3 Å². The van der Waals surface area contributed by atoms with Crippen molar-refractivity contribution in [3.8, 4) is 29.4 Å². The first-order valence-corrected chi connectivity index (χ1v) is 23.1. The molecule has 1 amide bonds. The Morgan fingerprint density at radius 1 is 0.824 bits per heavy atom. The summed E-state index contributed by atoms with van der Waals surface area (Å²) in [6.07, 6.45) is 23.1. The Morgan fingerprint density at radius 2 is 1.46 bits per heavy atom. The normalized spacial score (nSPS) is 21.7. The average Bonchev–Trinajstić information content (AvgIpc) is 4.02. The SMILES string of the molecule is CNC(=O)c1ccnc(NC2CCC(Oc3cc(C4=CC(N(c5ncc(OC)cn5)C5CCC(Oc6cc(C7=CCOCC7)cn7ncc(C#N)c67)CC5)OCC4)cn4ncc(C#N)c34)CC2)n1. The van der Waals surface area contributed by atoms with Crippen LogP contribution < -0.4 is 29.7 Å². The van der Waals surface area contributed by atoms with E-state index in [0.717, 1.165) is 74.5 Å². The van der Waals surface area contributed by atoms with E-state index in [2.05, 4.69) is 60.0 Å². The van der Waals surface area contributed by atoms with Crippen LogP contribution in [0.2, 0.25) is 0 Å². The van der Waals surface area contributed by atoms with Crippen molar-refractivity contribution in [2.75, 3.05) is 44.2 Å². The second-order valence-corrected chi connectivity index (χ2v) is 17.3. The Bertz CT molecular complexity index is 2950. The highest BCUT2D eigenvalue weighted by atomic mass is 16.5. The lowest BCUT2D eigenvalue weighted by Gasteiger charge is -2.41. The second-order valence-electron chi connectivity index (χ2n) is 17.3. The number of fused-ring (bicyclic) bond motifs is 2. The highest BCUT2D eigenvalue weighted by Gasteiger charge is 2.35. The van der Waals surface area contributed by atoms with Crippen molar-refractivity contribution in [1.29, 1.82) is 10.5 Å². The molecule has 2 aliphatic heterocycles. The summed E-state index contributed by atoms with van der Waals surface area (Å²) in [5, 5.41) is 35.1. The van der Waals surface area contributed by atoms with Crippen molar-refractivity contribution in [3.63, 3.8) is 0 Å². The molecule has 0 saturated heterocycles. The molecule has 10 rings (SSSR count). The summed E-state index contributed by atoms with van der Waals surface area (Å²) in [5.41, 5.74) is 6.61. The number of nitrogens with zero attached hydrogens (tertiary/aromatic N) is 11. The summed E-state index contributed by atoms with van der Waals surface area (Å²) >= 11 is 0. The van der Waals surface area contributed by atoms with Gasteiger partial charge in [0.1, 0.15) is 51.5 Å². The van der Waals surface area contributed by atoms with E-state index in [1.54, 1.807) is 60.2 Å². The second kappa shape index (κ2) is 19.7. The number of carbonyl (C=O) groups excluding carboxylic acids is 1. The van der Waals surface area contributed by atoms with Gasteiger partial charge in [-0.2, -0.15) is 20.7 Å². The number of nitrogens with one attached hydrogen (secondary N) is 2. The van der Waals surface area contributed by atoms with Crippen molar-refractivity contribution < 1.29 is 28.5 Å². The molecule has 0 spiro atoms. The zero-order chi connectivity index (χ0) is 46.6. The maximum Gasteiger partial charge on any atom is 0.269 e. The Labute approximate surface area is 392 Å². The van der Waals surface area contributed by atoms with E-state index >= 15 is 0 Å². The summed E-state index contributed by atoms with van der Waals surface area (Å²) in [7, 11) is 3.16. The Kier molecular flexibility index (Phi) is 12.8. The minimum atomic E-state index is -0.500. The zero-order valence-corrected chi connectivity index (χ0v) is 37.9. The van der Waals surface area contributed by atoms with Gasteiger partial charge >= 0.3 is 0 Å². The molecule has 8 heterocycles. The average molecular weight is 918 g/mol. The molecule has 2 aliphatic carbocycles. The lowest BCUT2D eigenvalue weighted by atomic mass is 9.91. The van der Waals surface area contributed by atoms with Gasteiger partial charge in [0, 0.05) is 37.7 Å². The highest BCUT2D eigenvalue weighted by molar-refractivity contribution is 5.92. The fraction of sp³-hybridized carbons (Fsp3) is 0.408. The van der Waals surface area contributed by atoms with Crippen molar-refractivity contribution in [1.82, 2.24) is 44.5 Å². The summed E-state index contributed by atoms with van der Waals surface area (Å²) in [6, 6.07) is 10.3. The number of anilines is 2. The van der Waals surface area contributed by atoms with Crippen LogP contribution in [-0.2, 0) is 9.47 Å². The molecule has 0 aromatic carbocycles. The smallest absolute Gasteiger partial charge is 0.269 e. The van der Waals surface area contributed by atoms with Crippen LogP contribution >= 0.6 is 0 Å². The topological polar surface area (TPSA) is 224 Å². The molecule has 1 unspecified atom stereocenters. The van der Waals surface area contributed by atoms with Gasteiger partial charge in [0.05, 0.1) is 63.9 Å². The molecule has 2 fully saturated rings. The molecule has 0 radical (unpaired) electrons. The van der Waals surface area contributed by atoms with Gasteiger partial charge in [0.25, 0.3) is 5.91 Å². The summed E-state index contributed by atoms with van der Waals surface area (Å²) in [5.74, 6) is 2.46. The third-order valence-electron chi connectivity index (χ3n) is 13.2. The first-order valence-electron chi connectivity index (χ1n) is 23.1. The van der Waals surface area contributed by atoms with E-state index in [-0.39, 0.29) is 30.2 Å². The molecule has 0 bridgehead atoms. The van der Waals surface area contributed by atoms with Crippen LogP contribution in [0.25, 0.3) is 22.2 Å². The van der Waals surface area contributed by atoms with E-state index in [1.165, 1.54) is 5.57 Å². The van der Waals surface area contributed by atoms with Crippen LogP contribution in [-0.4, -0.2) is 110 Å². The number of nitriles is 2. The van der Waals surface area contributed by atoms with Crippen molar-refractivity contribution in [3.05, 3.63) is 102 Å². The number of pyridine rings is 2. The molecule has 1 atom stereocenters. The van der Waals surface area contributed by atoms with Crippen molar-refractivity contribution >= 4 is 40.0 Å². The maximum atomic E-state index is 12.1. The van der Waals surface area contributed by atoms with Crippen LogP contribution in [0, 0.1) is 22.7 Å². The number of ether oxygens (including phenoxy) is 5. The molecule has 2 saturated carbocycles. The third-order valence-corrected chi connectivity index (χ3v) is 13.2. The monoisotopic (exact) mass is 917 g/mol. The van der Waals surface area contributed by atoms with E-state index in [0.29, 0.717) is 83.2 Å². The standard InChI is InChI=1S/C49H51N13O6/c1-52-47(63)41-11-15-53-48(59-41)58-36-3-7-38(8-4-36)67-43-20-33(29-61-46(43)35(23-51)25-57-61)31-14-18-66-44(21-31)62(49-54-26-40(64-2)27-55-49)37-5-9-39(10-6-37)68-42-19-32(30-12-16-65-17-13-30)28-60-45(42)34(22-50)24-56-60/h11-12,15,19-21,24-29,36-39,44H,3-10,13-14,16-18H2,1-2H3,(H,52,63)(H,53,58,59). The maximum absolute atomic E-state index is 12.1. The molecular formula is C49H51N13O6. The van der Waals surface area contributed by atoms with Crippen LogP contribution in [0.15, 0.2) is 73.7 Å². The molecule has 19 nitrogen and oxygen atoms in total. The first-order chi connectivity index (χ1) is 33.4. The lowest BCUT2D eigenvalue weighted by molar-refractivity contribution is 0.0632. The van der Waals surface area contributed by atoms with Crippen LogP contribution in [0.5, 0.6) is 17.2 Å². The zero-order valence-electron chi connectivity index (χ0n) is 37.9.